The maximum Gasteiger partial charge on any atom is 0.193 e. The number of thiazole rings is 1. The minimum Gasteiger partial charge on any atom is -0.497 e. The first-order chi connectivity index (χ1) is 14.2. The number of hydrogen-bond acceptors (Lipinski definition) is 7. The van der Waals surface area contributed by atoms with Crippen LogP contribution >= 0.6 is 11.3 Å². The minimum atomic E-state index is 0.166. The fourth-order valence-electron chi connectivity index (χ4n) is 3.96. The SMILES string of the molecule is COc1ccc(CN2CCn3c(-c4nc(C5CC5)cs4)nnc3[C@H]2C)c(OC)c1. The molecule has 0 saturated heterocycles. The molecule has 3 heterocycles. The van der Waals surface area contributed by atoms with Gasteiger partial charge in [0.05, 0.1) is 26.0 Å². The fraction of sp³-hybridized carbons (Fsp3) is 0.476. The Labute approximate surface area is 174 Å². The van der Waals surface area contributed by atoms with Gasteiger partial charge in [0, 0.05) is 42.6 Å². The highest BCUT2D eigenvalue weighted by Crippen LogP contribution is 2.41. The third kappa shape index (κ3) is 3.40. The average molecular weight is 412 g/mol. The van der Waals surface area contributed by atoms with E-state index >= 15 is 0 Å². The Morgan fingerprint density at radius 3 is 2.76 bits per heavy atom. The number of rotatable bonds is 6. The highest BCUT2D eigenvalue weighted by Gasteiger charge is 2.31. The van der Waals surface area contributed by atoms with Crippen LogP contribution in [0.3, 0.4) is 0 Å². The fourth-order valence-corrected chi connectivity index (χ4v) is 4.85. The first-order valence-corrected chi connectivity index (χ1v) is 10.9. The first-order valence-electron chi connectivity index (χ1n) is 10.0. The molecule has 1 saturated carbocycles. The molecule has 7 nitrogen and oxygen atoms in total. The van der Waals surface area contributed by atoms with Gasteiger partial charge < -0.3 is 14.0 Å². The summed E-state index contributed by atoms with van der Waals surface area (Å²) in [4.78, 5) is 7.24. The Morgan fingerprint density at radius 2 is 2.00 bits per heavy atom. The molecular weight excluding hydrogens is 386 g/mol. The quantitative estimate of drug-likeness (QED) is 0.613. The molecule has 0 amide bonds. The van der Waals surface area contributed by atoms with Crippen LogP contribution in [0.5, 0.6) is 11.5 Å². The van der Waals surface area contributed by atoms with Crippen molar-refractivity contribution in [3.05, 3.63) is 40.7 Å². The Hall–Kier alpha value is -2.45. The van der Waals surface area contributed by atoms with Crippen molar-refractivity contribution in [2.75, 3.05) is 20.8 Å². The monoisotopic (exact) mass is 411 g/mol. The third-order valence-electron chi connectivity index (χ3n) is 5.89. The Bertz CT molecular complexity index is 1030. The Balaban J connectivity index is 1.37. The van der Waals surface area contributed by atoms with Crippen LogP contribution in [0.15, 0.2) is 23.6 Å². The summed E-state index contributed by atoms with van der Waals surface area (Å²) < 4.78 is 13.1. The van der Waals surface area contributed by atoms with E-state index in [4.69, 9.17) is 14.5 Å². The lowest BCUT2D eigenvalue weighted by Crippen LogP contribution is -2.36. The van der Waals surface area contributed by atoms with E-state index in [2.05, 4.69) is 38.0 Å². The Morgan fingerprint density at radius 1 is 1.14 bits per heavy atom. The van der Waals surface area contributed by atoms with Gasteiger partial charge in [-0.15, -0.1) is 21.5 Å². The maximum absolute atomic E-state index is 5.58. The molecule has 0 spiro atoms. The van der Waals surface area contributed by atoms with Crippen LogP contribution in [0.4, 0.5) is 0 Å². The molecule has 152 valence electrons. The number of hydrogen-bond donors (Lipinski definition) is 0. The molecule has 1 atom stereocenters. The van der Waals surface area contributed by atoms with Gasteiger partial charge >= 0.3 is 0 Å². The van der Waals surface area contributed by atoms with Crippen molar-refractivity contribution in [2.45, 2.75) is 44.8 Å². The van der Waals surface area contributed by atoms with Gasteiger partial charge in [-0.05, 0) is 25.8 Å². The van der Waals surface area contributed by atoms with Crippen LogP contribution in [0.1, 0.15) is 48.8 Å². The van der Waals surface area contributed by atoms with E-state index in [1.807, 2.05) is 12.1 Å². The van der Waals surface area contributed by atoms with Crippen LogP contribution in [0, 0.1) is 0 Å². The largest absolute Gasteiger partial charge is 0.497 e. The van der Waals surface area contributed by atoms with Crippen LogP contribution in [0.2, 0.25) is 0 Å². The van der Waals surface area contributed by atoms with Crippen molar-refractivity contribution >= 4 is 11.3 Å². The summed E-state index contributed by atoms with van der Waals surface area (Å²) in [5, 5.41) is 12.2. The van der Waals surface area contributed by atoms with Crippen molar-refractivity contribution in [3.63, 3.8) is 0 Å². The van der Waals surface area contributed by atoms with Crippen molar-refractivity contribution in [2.24, 2.45) is 0 Å². The molecule has 2 aliphatic rings. The second-order valence-electron chi connectivity index (χ2n) is 7.71. The van der Waals surface area contributed by atoms with E-state index in [1.165, 1.54) is 18.5 Å². The predicted octanol–water partition coefficient (Wildman–Crippen LogP) is 3.87. The molecule has 2 aromatic heterocycles. The van der Waals surface area contributed by atoms with Gasteiger partial charge in [-0.1, -0.05) is 6.07 Å². The molecule has 1 aromatic carbocycles. The second kappa shape index (κ2) is 7.42. The number of aromatic nitrogens is 4. The lowest BCUT2D eigenvalue weighted by molar-refractivity contribution is 0.155. The number of benzene rings is 1. The molecule has 0 unspecified atom stereocenters. The highest BCUT2D eigenvalue weighted by atomic mass is 32.1. The Kier molecular flexibility index (Phi) is 4.75. The van der Waals surface area contributed by atoms with E-state index in [1.54, 1.807) is 25.6 Å². The van der Waals surface area contributed by atoms with E-state index in [9.17, 15) is 0 Å². The molecule has 1 fully saturated rings. The summed E-state index contributed by atoms with van der Waals surface area (Å²) in [7, 11) is 3.37. The molecule has 0 N–H and O–H groups in total. The number of nitrogens with zero attached hydrogens (tertiary/aromatic N) is 5. The van der Waals surface area contributed by atoms with Gasteiger partial charge in [-0.25, -0.2) is 4.98 Å². The van der Waals surface area contributed by atoms with Crippen molar-refractivity contribution in [1.82, 2.24) is 24.6 Å². The molecule has 0 bridgehead atoms. The molecule has 5 rings (SSSR count). The molecular formula is C21H25N5O2S. The van der Waals surface area contributed by atoms with Gasteiger partial charge in [0.1, 0.15) is 11.5 Å². The van der Waals surface area contributed by atoms with Gasteiger partial charge in [0.25, 0.3) is 0 Å². The van der Waals surface area contributed by atoms with E-state index in [0.29, 0.717) is 5.92 Å². The second-order valence-corrected chi connectivity index (χ2v) is 8.57. The van der Waals surface area contributed by atoms with Gasteiger partial charge in [0.2, 0.25) is 0 Å². The summed E-state index contributed by atoms with van der Waals surface area (Å²) in [6.45, 7) is 4.77. The maximum atomic E-state index is 5.58. The van der Waals surface area contributed by atoms with E-state index < -0.39 is 0 Å². The van der Waals surface area contributed by atoms with Gasteiger partial charge in [-0.2, -0.15) is 0 Å². The van der Waals surface area contributed by atoms with Crippen LogP contribution in [-0.2, 0) is 13.1 Å². The topological polar surface area (TPSA) is 65.3 Å². The predicted molar refractivity (Wildman–Crippen MR) is 111 cm³/mol. The molecule has 1 aliphatic heterocycles. The van der Waals surface area contributed by atoms with Crippen molar-refractivity contribution in [1.29, 1.82) is 0 Å². The van der Waals surface area contributed by atoms with Crippen LogP contribution < -0.4 is 9.47 Å². The molecule has 3 aromatic rings. The van der Waals surface area contributed by atoms with Crippen molar-refractivity contribution < 1.29 is 9.47 Å². The number of methoxy groups -OCH3 is 2. The average Bonchev–Trinajstić information content (AvgIpc) is 3.32. The van der Waals surface area contributed by atoms with Crippen molar-refractivity contribution in [3.8, 4) is 22.3 Å². The zero-order valence-corrected chi connectivity index (χ0v) is 17.8. The molecule has 29 heavy (non-hydrogen) atoms. The summed E-state index contributed by atoms with van der Waals surface area (Å²) in [5.74, 6) is 4.22. The summed E-state index contributed by atoms with van der Waals surface area (Å²) in [5.41, 5.74) is 2.36. The van der Waals surface area contributed by atoms with Gasteiger partial charge in [0.15, 0.2) is 16.7 Å². The molecule has 8 heteroatoms. The van der Waals surface area contributed by atoms with E-state index in [-0.39, 0.29) is 6.04 Å². The molecule has 0 radical (unpaired) electrons. The normalized spacial score (nSPS) is 19.2. The lowest BCUT2D eigenvalue weighted by Gasteiger charge is -2.33. The standard InChI is InChI=1S/C21H25N5O2S/c1-13-19-23-24-20(21-22-17(12-29-21)14-4-5-14)26(19)9-8-25(13)11-15-6-7-16(27-2)10-18(15)28-3/h6-7,10,12-14H,4-5,8-9,11H2,1-3H3/t13-/m1/s1. The lowest BCUT2D eigenvalue weighted by atomic mass is 10.1. The van der Waals surface area contributed by atoms with Gasteiger partial charge in [-0.3, -0.25) is 4.90 Å². The summed E-state index contributed by atoms with van der Waals surface area (Å²) in [6.07, 6.45) is 2.53. The molecule has 1 aliphatic carbocycles. The van der Waals surface area contributed by atoms with Crippen LogP contribution in [0.25, 0.3) is 10.8 Å². The van der Waals surface area contributed by atoms with Crippen LogP contribution in [-0.4, -0.2) is 45.4 Å². The summed E-state index contributed by atoms with van der Waals surface area (Å²) in [6, 6.07) is 6.15. The highest BCUT2D eigenvalue weighted by molar-refractivity contribution is 7.13. The first kappa shape index (κ1) is 18.6. The zero-order chi connectivity index (χ0) is 20.0. The van der Waals surface area contributed by atoms with E-state index in [0.717, 1.165) is 53.4 Å². The third-order valence-corrected chi connectivity index (χ3v) is 6.74. The number of ether oxygens (including phenoxy) is 2. The zero-order valence-electron chi connectivity index (χ0n) is 17.0. The number of fused-ring (bicyclic) bond motifs is 1. The minimum absolute atomic E-state index is 0.166. The summed E-state index contributed by atoms with van der Waals surface area (Å²) >= 11 is 1.69. The smallest absolute Gasteiger partial charge is 0.193 e.